The van der Waals surface area contributed by atoms with Crippen molar-refractivity contribution in [3.8, 4) is 5.75 Å². The lowest BCUT2D eigenvalue weighted by Gasteiger charge is -2.34. The monoisotopic (exact) mass is 531 g/mol. The number of aryl methyl sites for hydroxylation is 1. The third-order valence-electron chi connectivity index (χ3n) is 7.35. The van der Waals surface area contributed by atoms with E-state index >= 15 is 0 Å². The summed E-state index contributed by atoms with van der Waals surface area (Å²) in [7, 11) is 3.20. The smallest absolute Gasteiger partial charge is 0.249 e. The van der Waals surface area contributed by atoms with Crippen molar-refractivity contribution in [1.82, 2.24) is 9.88 Å². The summed E-state index contributed by atoms with van der Waals surface area (Å²) in [5, 5.41) is 0.963. The molecule has 1 aromatic heterocycles. The van der Waals surface area contributed by atoms with Gasteiger partial charge in [-0.15, -0.1) is 0 Å². The molecule has 0 bridgehead atoms. The molecule has 1 fully saturated rings. The highest BCUT2D eigenvalue weighted by molar-refractivity contribution is 6.00. The van der Waals surface area contributed by atoms with Gasteiger partial charge in [0.2, 0.25) is 11.8 Å². The SMILES string of the molecule is COc1ccc(N(C)C(=O)C(Cc2cc(F)cc(F)c2)N(C(=O)Cc2c(C)[nH]c3ccccc23)C2CC2)cc1. The molecule has 3 aromatic carbocycles. The van der Waals surface area contributed by atoms with Crippen LogP contribution in [0.2, 0.25) is 0 Å². The predicted octanol–water partition coefficient (Wildman–Crippen LogP) is 5.57. The van der Waals surface area contributed by atoms with Gasteiger partial charge in [0.15, 0.2) is 0 Å². The van der Waals surface area contributed by atoms with E-state index < -0.39 is 17.7 Å². The number of aromatic amines is 1. The van der Waals surface area contributed by atoms with Crippen LogP contribution >= 0.6 is 0 Å². The lowest BCUT2D eigenvalue weighted by atomic mass is 10.0. The van der Waals surface area contributed by atoms with Gasteiger partial charge in [-0.05, 0) is 73.4 Å². The van der Waals surface area contributed by atoms with E-state index in [2.05, 4.69) is 4.98 Å². The van der Waals surface area contributed by atoms with Gasteiger partial charge in [0.1, 0.15) is 23.4 Å². The molecular formula is C31H31F2N3O3. The maximum atomic E-state index is 14.1. The normalized spacial score (nSPS) is 13.8. The molecule has 4 aromatic rings. The van der Waals surface area contributed by atoms with Crippen molar-refractivity contribution >= 4 is 28.4 Å². The average molecular weight is 532 g/mol. The van der Waals surface area contributed by atoms with Crippen LogP contribution in [0.4, 0.5) is 14.5 Å². The predicted molar refractivity (Wildman–Crippen MR) is 147 cm³/mol. The van der Waals surface area contributed by atoms with Crippen LogP contribution in [0.3, 0.4) is 0 Å². The molecule has 8 heteroatoms. The van der Waals surface area contributed by atoms with E-state index in [0.29, 0.717) is 17.0 Å². The first-order chi connectivity index (χ1) is 18.7. The van der Waals surface area contributed by atoms with E-state index in [1.54, 1.807) is 43.3 Å². The molecule has 1 N–H and O–H groups in total. The van der Waals surface area contributed by atoms with Crippen molar-refractivity contribution in [2.24, 2.45) is 0 Å². The van der Waals surface area contributed by atoms with Gasteiger partial charge in [0, 0.05) is 47.9 Å². The minimum absolute atomic E-state index is 0.0108. The number of carbonyl (C=O) groups is 2. The molecule has 0 saturated heterocycles. The third-order valence-corrected chi connectivity index (χ3v) is 7.35. The summed E-state index contributed by atoms with van der Waals surface area (Å²) in [5.74, 6) is -1.32. The molecule has 0 radical (unpaired) electrons. The topological polar surface area (TPSA) is 65.6 Å². The van der Waals surface area contributed by atoms with Crippen LogP contribution in [-0.4, -0.2) is 47.9 Å². The Bertz CT molecular complexity index is 1490. The zero-order chi connectivity index (χ0) is 27.7. The number of hydrogen-bond acceptors (Lipinski definition) is 3. The average Bonchev–Trinajstić information content (AvgIpc) is 3.70. The summed E-state index contributed by atoms with van der Waals surface area (Å²) in [6.45, 7) is 1.93. The third kappa shape index (κ3) is 5.65. The van der Waals surface area contributed by atoms with Gasteiger partial charge in [-0.25, -0.2) is 8.78 Å². The lowest BCUT2D eigenvalue weighted by molar-refractivity contribution is -0.139. The minimum Gasteiger partial charge on any atom is -0.497 e. The molecule has 2 amide bonds. The van der Waals surface area contributed by atoms with E-state index in [4.69, 9.17) is 4.74 Å². The largest absolute Gasteiger partial charge is 0.497 e. The number of likely N-dealkylation sites (N-methyl/N-ethyl adjacent to an activating group) is 1. The molecule has 6 nitrogen and oxygen atoms in total. The van der Waals surface area contributed by atoms with E-state index in [0.717, 1.165) is 41.1 Å². The number of halogens is 2. The Morgan fingerprint density at radius 3 is 2.33 bits per heavy atom. The second-order valence-electron chi connectivity index (χ2n) is 10.1. The molecule has 1 unspecified atom stereocenters. The number of aromatic nitrogens is 1. The van der Waals surface area contributed by atoms with Crippen molar-refractivity contribution in [3.05, 3.63) is 95.2 Å². The van der Waals surface area contributed by atoms with Crippen LogP contribution in [-0.2, 0) is 22.4 Å². The molecule has 1 atom stereocenters. The lowest BCUT2D eigenvalue weighted by Crippen LogP contribution is -2.53. The fourth-order valence-corrected chi connectivity index (χ4v) is 5.20. The standard InChI is InChI=1S/C31H31F2N3O3/c1-19-27(26-6-4-5-7-28(26)34-19)18-30(37)36(24-8-9-24)29(16-20-14-21(32)17-22(33)15-20)31(38)35(2)23-10-12-25(39-3)13-11-23/h4-7,10-15,17,24,29,34H,8-9,16,18H2,1-3H3. The second kappa shape index (κ2) is 10.9. The summed E-state index contributed by atoms with van der Waals surface area (Å²) in [5.41, 5.74) is 3.65. The Labute approximate surface area is 226 Å². The molecule has 5 rings (SSSR count). The number of nitrogens with one attached hydrogen (secondary N) is 1. The molecule has 1 aliphatic rings. The summed E-state index contributed by atoms with van der Waals surface area (Å²) in [4.78, 5) is 34.5. The van der Waals surface area contributed by atoms with Crippen molar-refractivity contribution < 1.29 is 23.1 Å². The summed E-state index contributed by atoms with van der Waals surface area (Å²) < 4.78 is 33.5. The van der Waals surface area contributed by atoms with Gasteiger partial charge in [-0.3, -0.25) is 9.59 Å². The highest BCUT2D eigenvalue weighted by atomic mass is 19.1. The highest BCUT2D eigenvalue weighted by Crippen LogP contribution is 2.33. The molecule has 202 valence electrons. The van der Waals surface area contributed by atoms with Crippen molar-refractivity contribution in [1.29, 1.82) is 0 Å². The quantitative estimate of drug-likeness (QED) is 0.307. The van der Waals surface area contributed by atoms with Crippen LogP contribution in [0.1, 0.15) is 29.7 Å². The number of amides is 2. The van der Waals surface area contributed by atoms with Gasteiger partial charge in [-0.2, -0.15) is 0 Å². The second-order valence-corrected chi connectivity index (χ2v) is 10.1. The molecule has 1 aliphatic carbocycles. The van der Waals surface area contributed by atoms with Crippen molar-refractivity contribution in [2.45, 2.75) is 44.7 Å². The zero-order valence-corrected chi connectivity index (χ0v) is 22.2. The number of carbonyl (C=O) groups excluding carboxylic acids is 2. The number of anilines is 1. The first kappa shape index (κ1) is 26.4. The van der Waals surface area contributed by atoms with Crippen LogP contribution in [0.25, 0.3) is 10.9 Å². The minimum atomic E-state index is -0.941. The van der Waals surface area contributed by atoms with Gasteiger partial charge in [-0.1, -0.05) is 18.2 Å². The first-order valence-electron chi connectivity index (χ1n) is 13.0. The molecule has 0 aliphatic heterocycles. The van der Waals surface area contributed by atoms with Crippen molar-refractivity contribution in [3.63, 3.8) is 0 Å². The highest BCUT2D eigenvalue weighted by Gasteiger charge is 2.42. The fraction of sp³-hybridized carbons (Fsp3) is 0.290. The Morgan fingerprint density at radius 2 is 1.69 bits per heavy atom. The van der Waals surface area contributed by atoms with E-state index in [9.17, 15) is 18.4 Å². The number of methoxy groups -OCH3 is 1. The summed E-state index contributed by atoms with van der Waals surface area (Å²) in [6.07, 6.45) is 1.64. The van der Waals surface area contributed by atoms with Crippen LogP contribution in [0, 0.1) is 18.6 Å². The zero-order valence-electron chi connectivity index (χ0n) is 22.2. The number of benzene rings is 3. The Balaban J connectivity index is 1.50. The molecule has 1 saturated carbocycles. The number of rotatable bonds is 9. The Morgan fingerprint density at radius 1 is 1.03 bits per heavy atom. The van der Waals surface area contributed by atoms with Gasteiger partial charge in [0.05, 0.1) is 13.5 Å². The van der Waals surface area contributed by atoms with Gasteiger partial charge >= 0.3 is 0 Å². The van der Waals surface area contributed by atoms with Crippen LogP contribution < -0.4 is 9.64 Å². The van der Waals surface area contributed by atoms with Crippen molar-refractivity contribution in [2.75, 3.05) is 19.1 Å². The molecule has 1 heterocycles. The Hall–Kier alpha value is -4.20. The number of nitrogens with zero attached hydrogens (tertiary/aromatic N) is 2. The molecular weight excluding hydrogens is 500 g/mol. The van der Waals surface area contributed by atoms with E-state index in [1.165, 1.54) is 17.0 Å². The van der Waals surface area contributed by atoms with E-state index in [-0.39, 0.29) is 30.7 Å². The number of para-hydroxylation sites is 1. The van der Waals surface area contributed by atoms with Gasteiger partial charge < -0.3 is 19.5 Å². The van der Waals surface area contributed by atoms with Crippen LogP contribution in [0.5, 0.6) is 5.75 Å². The van der Waals surface area contributed by atoms with Gasteiger partial charge in [0.25, 0.3) is 0 Å². The maximum absolute atomic E-state index is 14.1. The first-order valence-corrected chi connectivity index (χ1v) is 13.0. The fourth-order valence-electron chi connectivity index (χ4n) is 5.20. The maximum Gasteiger partial charge on any atom is 0.249 e. The molecule has 39 heavy (non-hydrogen) atoms. The molecule has 0 spiro atoms. The van der Waals surface area contributed by atoms with Crippen LogP contribution in [0.15, 0.2) is 66.7 Å². The summed E-state index contributed by atoms with van der Waals surface area (Å²) >= 11 is 0. The number of hydrogen-bond donors (Lipinski definition) is 1. The Kier molecular flexibility index (Phi) is 7.37. The summed E-state index contributed by atoms with van der Waals surface area (Å²) in [6, 6.07) is 17.0. The number of fused-ring (bicyclic) bond motifs is 1. The number of ether oxygens (including phenoxy) is 1. The van der Waals surface area contributed by atoms with E-state index in [1.807, 2.05) is 31.2 Å². The number of H-pyrrole nitrogens is 1.